The molecule has 0 saturated carbocycles. The Bertz CT molecular complexity index is 442. The molecule has 0 aromatic heterocycles. The summed E-state index contributed by atoms with van der Waals surface area (Å²) in [6, 6.07) is 5.34. The lowest BCUT2D eigenvalue weighted by Gasteiger charge is -2.22. The monoisotopic (exact) mass is 281 g/mol. The van der Waals surface area contributed by atoms with Crippen LogP contribution in [-0.2, 0) is 0 Å². The number of carbonyl (C=O) groups is 1. The third kappa shape index (κ3) is 3.71. The van der Waals surface area contributed by atoms with Gasteiger partial charge in [-0.2, -0.15) is 0 Å². The molecule has 0 bridgehead atoms. The fraction of sp³-hybridized carbons (Fsp3) is 0.533. The van der Waals surface area contributed by atoms with Crippen LogP contribution < -0.4 is 10.1 Å². The fourth-order valence-electron chi connectivity index (χ4n) is 2.30. The molecule has 1 heterocycles. The zero-order chi connectivity index (χ0) is 13.7. The maximum absolute atomic E-state index is 12.4. The van der Waals surface area contributed by atoms with Gasteiger partial charge in [-0.3, -0.25) is 4.79 Å². The Labute approximate surface area is 119 Å². The van der Waals surface area contributed by atoms with E-state index >= 15 is 0 Å². The number of ether oxygens (including phenoxy) is 1. The van der Waals surface area contributed by atoms with E-state index in [9.17, 15) is 4.79 Å². The van der Waals surface area contributed by atoms with Crippen LogP contribution in [0.5, 0.6) is 5.75 Å². The van der Waals surface area contributed by atoms with Gasteiger partial charge in [0.1, 0.15) is 5.75 Å². The predicted octanol–water partition coefficient (Wildman–Crippen LogP) is 3.31. The molecule has 1 aromatic carbocycles. The highest BCUT2D eigenvalue weighted by Gasteiger charge is 2.23. The van der Waals surface area contributed by atoms with Crippen molar-refractivity contribution in [1.29, 1.82) is 0 Å². The third-order valence-electron chi connectivity index (χ3n) is 3.35. The summed E-state index contributed by atoms with van der Waals surface area (Å²) in [7, 11) is 0. The van der Waals surface area contributed by atoms with Gasteiger partial charge in [-0.25, -0.2) is 0 Å². The lowest BCUT2D eigenvalue weighted by molar-refractivity contribution is 0.0900. The lowest BCUT2D eigenvalue weighted by atomic mass is 9.91. The number of halogens is 1. The largest absolute Gasteiger partial charge is 0.494 e. The molecule has 0 spiro atoms. The number of ketones is 1. The highest BCUT2D eigenvalue weighted by molar-refractivity contribution is 6.34. The molecule has 1 fully saturated rings. The Kier molecular flexibility index (Phi) is 5.23. The number of hydrogen-bond donors (Lipinski definition) is 1. The second-order valence-corrected chi connectivity index (χ2v) is 5.30. The minimum absolute atomic E-state index is 0.0497. The van der Waals surface area contributed by atoms with Gasteiger partial charge in [0.25, 0.3) is 0 Å². The van der Waals surface area contributed by atoms with E-state index in [1.807, 2.05) is 6.07 Å². The van der Waals surface area contributed by atoms with Gasteiger partial charge in [0.2, 0.25) is 0 Å². The second-order valence-electron chi connectivity index (χ2n) is 4.90. The molecule has 1 atom stereocenters. The van der Waals surface area contributed by atoms with Gasteiger partial charge in [0, 0.05) is 18.0 Å². The van der Waals surface area contributed by atoms with Crippen LogP contribution in [0.3, 0.4) is 0 Å². The van der Waals surface area contributed by atoms with Crippen molar-refractivity contribution < 1.29 is 9.53 Å². The molecule has 1 unspecified atom stereocenters. The summed E-state index contributed by atoms with van der Waals surface area (Å²) in [6.45, 7) is 4.47. The van der Waals surface area contributed by atoms with E-state index in [4.69, 9.17) is 16.3 Å². The van der Waals surface area contributed by atoms with Gasteiger partial charge in [0.15, 0.2) is 5.78 Å². The Morgan fingerprint density at radius 1 is 1.53 bits per heavy atom. The second kappa shape index (κ2) is 6.92. The zero-order valence-electron chi connectivity index (χ0n) is 11.2. The topological polar surface area (TPSA) is 38.3 Å². The first kappa shape index (κ1) is 14.4. The standard InChI is InChI=1S/C15H20ClNO2/c1-2-8-19-12-5-6-13(14(16)9-12)15(18)11-4-3-7-17-10-11/h5-6,9,11,17H,2-4,7-8,10H2,1H3. The Balaban J connectivity index is 2.09. The van der Waals surface area contributed by atoms with Crippen molar-refractivity contribution in [2.45, 2.75) is 26.2 Å². The van der Waals surface area contributed by atoms with Crippen LogP contribution in [0.4, 0.5) is 0 Å². The number of benzene rings is 1. The highest BCUT2D eigenvalue weighted by atomic mass is 35.5. The van der Waals surface area contributed by atoms with Gasteiger partial charge < -0.3 is 10.1 Å². The number of Topliss-reactive ketones (excluding diaryl/α,β-unsaturated/α-hetero) is 1. The summed E-state index contributed by atoms with van der Waals surface area (Å²) in [6.07, 6.45) is 2.94. The minimum atomic E-state index is 0.0497. The van der Waals surface area contributed by atoms with E-state index in [-0.39, 0.29) is 11.7 Å². The van der Waals surface area contributed by atoms with Gasteiger partial charge >= 0.3 is 0 Å². The molecule has 2 rings (SSSR count). The summed E-state index contributed by atoms with van der Waals surface area (Å²) in [5.41, 5.74) is 0.610. The quantitative estimate of drug-likeness (QED) is 0.842. The van der Waals surface area contributed by atoms with Crippen molar-refractivity contribution >= 4 is 17.4 Å². The number of piperidine rings is 1. The number of nitrogens with one attached hydrogen (secondary N) is 1. The maximum Gasteiger partial charge on any atom is 0.168 e. The van der Waals surface area contributed by atoms with E-state index in [0.717, 1.165) is 38.1 Å². The molecule has 0 aliphatic carbocycles. The summed E-state index contributed by atoms with van der Waals surface area (Å²) < 4.78 is 5.51. The van der Waals surface area contributed by atoms with Crippen molar-refractivity contribution in [3.63, 3.8) is 0 Å². The van der Waals surface area contributed by atoms with Crippen LogP contribution in [-0.4, -0.2) is 25.5 Å². The number of hydrogen-bond acceptors (Lipinski definition) is 3. The molecule has 1 saturated heterocycles. The van der Waals surface area contributed by atoms with Crippen LogP contribution in [0, 0.1) is 5.92 Å². The molecule has 104 valence electrons. The van der Waals surface area contributed by atoms with Crippen LogP contribution in [0.25, 0.3) is 0 Å². The van der Waals surface area contributed by atoms with E-state index in [1.165, 1.54) is 0 Å². The van der Waals surface area contributed by atoms with Crippen molar-refractivity contribution in [2.75, 3.05) is 19.7 Å². The van der Waals surface area contributed by atoms with E-state index < -0.39 is 0 Å². The first-order valence-electron chi connectivity index (χ1n) is 6.89. The van der Waals surface area contributed by atoms with Crippen molar-refractivity contribution in [2.24, 2.45) is 5.92 Å². The van der Waals surface area contributed by atoms with Gasteiger partial charge in [-0.15, -0.1) is 0 Å². The summed E-state index contributed by atoms with van der Waals surface area (Å²) >= 11 is 6.20. The lowest BCUT2D eigenvalue weighted by Crippen LogP contribution is -2.34. The molecule has 0 amide bonds. The minimum Gasteiger partial charge on any atom is -0.494 e. The molecule has 1 N–H and O–H groups in total. The van der Waals surface area contributed by atoms with Crippen molar-refractivity contribution in [3.8, 4) is 5.75 Å². The molecular formula is C15H20ClNO2. The summed E-state index contributed by atoms with van der Waals surface area (Å²) in [5.74, 6) is 0.915. The molecule has 1 aromatic rings. The number of carbonyl (C=O) groups excluding carboxylic acids is 1. The van der Waals surface area contributed by atoms with Crippen molar-refractivity contribution in [3.05, 3.63) is 28.8 Å². The number of rotatable bonds is 5. The molecule has 1 aliphatic rings. The average Bonchev–Trinajstić information content (AvgIpc) is 2.45. The molecule has 1 aliphatic heterocycles. The first-order valence-corrected chi connectivity index (χ1v) is 7.27. The normalized spacial score (nSPS) is 19.2. The van der Waals surface area contributed by atoms with Gasteiger partial charge in [0.05, 0.1) is 11.6 Å². The molecular weight excluding hydrogens is 262 g/mol. The zero-order valence-corrected chi connectivity index (χ0v) is 12.0. The Morgan fingerprint density at radius 2 is 2.37 bits per heavy atom. The highest BCUT2D eigenvalue weighted by Crippen LogP contribution is 2.26. The van der Waals surface area contributed by atoms with E-state index in [2.05, 4.69) is 12.2 Å². The first-order chi connectivity index (χ1) is 9.22. The van der Waals surface area contributed by atoms with Crippen LogP contribution in [0.15, 0.2) is 18.2 Å². The molecule has 0 radical (unpaired) electrons. The smallest absolute Gasteiger partial charge is 0.168 e. The molecule has 4 heteroatoms. The predicted molar refractivity (Wildman–Crippen MR) is 77.2 cm³/mol. The van der Waals surface area contributed by atoms with Gasteiger partial charge in [-0.1, -0.05) is 18.5 Å². The molecule has 3 nitrogen and oxygen atoms in total. The summed E-state index contributed by atoms with van der Waals surface area (Å²) in [5, 5.41) is 3.75. The Morgan fingerprint density at radius 3 is 3.00 bits per heavy atom. The van der Waals surface area contributed by atoms with Crippen LogP contribution in [0.2, 0.25) is 5.02 Å². The fourth-order valence-corrected chi connectivity index (χ4v) is 2.56. The third-order valence-corrected chi connectivity index (χ3v) is 3.66. The van der Waals surface area contributed by atoms with E-state index in [1.54, 1.807) is 12.1 Å². The average molecular weight is 282 g/mol. The van der Waals surface area contributed by atoms with Crippen molar-refractivity contribution in [1.82, 2.24) is 5.32 Å². The van der Waals surface area contributed by atoms with Crippen LogP contribution in [0.1, 0.15) is 36.5 Å². The SMILES string of the molecule is CCCOc1ccc(C(=O)C2CCCNC2)c(Cl)c1. The Hall–Kier alpha value is -1.06. The summed E-state index contributed by atoms with van der Waals surface area (Å²) in [4.78, 5) is 12.4. The maximum atomic E-state index is 12.4. The molecule has 19 heavy (non-hydrogen) atoms. The van der Waals surface area contributed by atoms with E-state index in [0.29, 0.717) is 17.2 Å². The van der Waals surface area contributed by atoms with Gasteiger partial charge in [-0.05, 0) is 44.0 Å². The van der Waals surface area contributed by atoms with Crippen LogP contribution >= 0.6 is 11.6 Å².